The third-order valence-electron chi connectivity index (χ3n) is 3.54. The van der Waals surface area contributed by atoms with Crippen molar-refractivity contribution >= 4 is 12.2 Å². The van der Waals surface area contributed by atoms with E-state index in [4.69, 9.17) is 12.2 Å². The molecule has 22 heavy (non-hydrogen) atoms. The molecule has 1 aromatic heterocycles. The number of nitrogens with zero attached hydrogens (tertiary/aromatic N) is 2. The zero-order chi connectivity index (χ0) is 16.2. The van der Waals surface area contributed by atoms with E-state index < -0.39 is 5.60 Å². The molecule has 0 saturated carbocycles. The van der Waals surface area contributed by atoms with Crippen molar-refractivity contribution in [3.63, 3.8) is 0 Å². The van der Waals surface area contributed by atoms with Crippen molar-refractivity contribution in [3.05, 3.63) is 59.1 Å². The van der Waals surface area contributed by atoms with Gasteiger partial charge in [0.05, 0.1) is 5.60 Å². The summed E-state index contributed by atoms with van der Waals surface area (Å²) in [6.45, 7) is 8.04. The lowest BCUT2D eigenvalue weighted by molar-refractivity contribution is 0.0616. The Labute approximate surface area is 136 Å². The number of rotatable bonds is 7. The second-order valence-corrected chi connectivity index (χ2v) is 6.58. The van der Waals surface area contributed by atoms with Gasteiger partial charge in [-0.25, -0.2) is 0 Å². The molecule has 0 saturated heterocycles. The van der Waals surface area contributed by atoms with Gasteiger partial charge >= 0.3 is 0 Å². The van der Waals surface area contributed by atoms with Crippen LogP contribution >= 0.6 is 12.2 Å². The fourth-order valence-corrected chi connectivity index (χ4v) is 2.92. The van der Waals surface area contributed by atoms with E-state index in [1.165, 1.54) is 5.56 Å². The standard InChI is InChI=1S/C17H23N3OS/c1-4-10-20-15(18-19-16(20)22)14(12-17(2,3)21)11-13-8-6-5-7-9-13/h4-9,14,21H,1,10-12H2,2-3H3,(H,19,22). The Morgan fingerprint density at radius 2 is 2.09 bits per heavy atom. The molecule has 1 heterocycles. The predicted molar refractivity (Wildman–Crippen MR) is 91.4 cm³/mol. The van der Waals surface area contributed by atoms with Crippen molar-refractivity contribution in [1.82, 2.24) is 14.8 Å². The Bertz CT molecular complexity index is 667. The topological polar surface area (TPSA) is 53.8 Å². The fourth-order valence-electron chi connectivity index (χ4n) is 2.70. The highest BCUT2D eigenvalue weighted by atomic mass is 32.1. The van der Waals surface area contributed by atoms with Crippen LogP contribution in [0.15, 0.2) is 43.0 Å². The zero-order valence-corrected chi connectivity index (χ0v) is 13.9. The summed E-state index contributed by atoms with van der Waals surface area (Å²) < 4.78 is 2.53. The van der Waals surface area contributed by atoms with Crippen LogP contribution in [0.5, 0.6) is 0 Å². The van der Waals surface area contributed by atoms with Crippen LogP contribution in [0.1, 0.15) is 37.6 Å². The van der Waals surface area contributed by atoms with Gasteiger partial charge in [-0.15, -0.1) is 6.58 Å². The van der Waals surface area contributed by atoms with Crippen LogP contribution in [0.25, 0.3) is 0 Å². The minimum atomic E-state index is -0.772. The van der Waals surface area contributed by atoms with E-state index in [0.29, 0.717) is 17.7 Å². The summed E-state index contributed by atoms with van der Waals surface area (Å²) in [4.78, 5) is 0. The maximum absolute atomic E-state index is 10.3. The van der Waals surface area contributed by atoms with Crippen molar-refractivity contribution in [2.45, 2.75) is 44.8 Å². The lowest BCUT2D eigenvalue weighted by atomic mass is 9.88. The first kappa shape index (κ1) is 16.6. The molecule has 118 valence electrons. The molecule has 2 aromatic rings. The second-order valence-electron chi connectivity index (χ2n) is 6.19. The molecular formula is C17H23N3OS. The van der Waals surface area contributed by atoms with Crippen LogP contribution < -0.4 is 0 Å². The minimum absolute atomic E-state index is 0.0790. The minimum Gasteiger partial charge on any atom is -0.390 e. The summed E-state index contributed by atoms with van der Waals surface area (Å²) in [5.74, 6) is 0.950. The number of allylic oxidation sites excluding steroid dienone is 1. The van der Waals surface area contributed by atoms with Gasteiger partial charge in [0.25, 0.3) is 0 Å². The Balaban J connectivity index is 2.36. The maximum atomic E-state index is 10.3. The van der Waals surface area contributed by atoms with Crippen LogP contribution in [-0.4, -0.2) is 25.5 Å². The molecule has 0 spiro atoms. The van der Waals surface area contributed by atoms with Crippen molar-refractivity contribution in [3.8, 4) is 0 Å². The molecule has 1 unspecified atom stereocenters. The van der Waals surface area contributed by atoms with Gasteiger partial charge in [0.1, 0.15) is 5.82 Å². The SMILES string of the molecule is C=CCn1c(C(Cc2ccccc2)CC(C)(C)O)n[nH]c1=S. The lowest BCUT2D eigenvalue weighted by Crippen LogP contribution is -2.25. The Morgan fingerprint density at radius 1 is 1.41 bits per heavy atom. The quantitative estimate of drug-likeness (QED) is 0.606. The molecule has 2 rings (SSSR count). The average Bonchev–Trinajstić information content (AvgIpc) is 2.80. The molecule has 0 aliphatic rings. The van der Waals surface area contributed by atoms with Crippen LogP contribution in [-0.2, 0) is 13.0 Å². The van der Waals surface area contributed by atoms with E-state index in [-0.39, 0.29) is 5.92 Å². The summed E-state index contributed by atoms with van der Waals surface area (Å²) in [7, 11) is 0. The number of nitrogens with one attached hydrogen (secondary N) is 1. The number of hydrogen-bond acceptors (Lipinski definition) is 3. The van der Waals surface area contributed by atoms with Gasteiger partial charge in [0.2, 0.25) is 0 Å². The highest BCUT2D eigenvalue weighted by molar-refractivity contribution is 7.71. The normalized spacial score (nSPS) is 13.0. The van der Waals surface area contributed by atoms with Crippen LogP contribution in [0.3, 0.4) is 0 Å². The first-order chi connectivity index (χ1) is 10.4. The summed E-state index contributed by atoms with van der Waals surface area (Å²) >= 11 is 5.30. The van der Waals surface area contributed by atoms with E-state index in [1.54, 1.807) is 6.08 Å². The summed E-state index contributed by atoms with van der Waals surface area (Å²) in [6.07, 6.45) is 3.22. The number of H-pyrrole nitrogens is 1. The smallest absolute Gasteiger partial charge is 0.195 e. The second kappa shape index (κ2) is 7.03. The molecule has 0 aliphatic heterocycles. The first-order valence-corrected chi connectivity index (χ1v) is 7.84. The molecule has 0 fully saturated rings. The van der Waals surface area contributed by atoms with E-state index in [1.807, 2.05) is 36.6 Å². The molecule has 1 aromatic carbocycles. The number of hydrogen-bond donors (Lipinski definition) is 2. The van der Waals surface area contributed by atoms with Gasteiger partial charge in [0.15, 0.2) is 4.77 Å². The molecule has 2 N–H and O–H groups in total. The molecule has 0 radical (unpaired) electrons. The van der Waals surface area contributed by atoms with Gasteiger partial charge in [-0.05, 0) is 44.5 Å². The van der Waals surface area contributed by atoms with Gasteiger partial charge in [-0.3, -0.25) is 5.10 Å². The number of aliphatic hydroxyl groups is 1. The monoisotopic (exact) mass is 317 g/mol. The van der Waals surface area contributed by atoms with Crippen molar-refractivity contribution in [2.75, 3.05) is 0 Å². The fraction of sp³-hybridized carbons (Fsp3) is 0.412. The van der Waals surface area contributed by atoms with Gasteiger partial charge in [0, 0.05) is 12.5 Å². The third kappa shape index (κ3) is 4.39. The van der Waals surface area contributed by atoms with Crippen molar-refractivity contribution in [1.29, 1.82) is 0 Å². The van der Waals surface area contributed by atoms with Gasteiger partial charge < -0.3 is 9.67 Å². The van der Waals surface area contributed by atoms with E-state index in [9.17, 15) is 5.11 Å². The molecule has 0 bridgehead atoms. The number of benzene rings is 1. The Kier molecular flexibility index (Phi) is 5.32. The molecule has 1 atom stereocenters. The van der Waals surface area contributed by atoms with E-state index in [2.05, 4.69) is 28.9 Å². The number of aromatic amines is 1. The molecule has 4 nitrogen and oxygen atoms in total. The van der Waals surface area contributed by atoms with Gasteiger partial charge in [-0.2, -0.15) is 5.10 Å². The first-order valence-electron chi connectivity index (χ1n) is 7.43. The molecule has 0 amide bonds. The predicted octanol–water partition coefficient (Wildman–Crippen LogP) is 3.61. The lowest BCUT2D eigenvalue weighted by Gasteiger charge is -2.25. The van der Waals surface area contributed by atoms with Crippen molar-refractivity contribution < 1.29 is 5.11 Å². The maximum Gasteiger partial charge on any atom is 0.195 e. The largest absolute Gasteiger partial charge is 0.390 e. The van der Waals surface area contributed by atoms with E-state index in [0.717, 1.165) is 12.2 Å². The van der Waals surface area contributed by atoms with Crippen LogP contribution in [0, 0.1) is 4.77 Å². The highest BCUT2D eigenvalue weighted by Gasteiger charge is 2.26. The summed E-state index contributed by atoms with van der Waals surface area (Å²) in [6, 6.07) is 10.2. The van der Waals surface area contributed by atoms with Crippen molar-refractivity contribution in [2.24, 2.45) is 0 Å². The van der Waals surface area contributed by atoms with Crippen LogP contribution in [0.2, 0.25) is 0 Å². The van der Waals surface area contributed by atoms with Crippen LogP contribution in [0.4, 0.5) is 0 Å². The van der Waals surface area contributed by atoms with Gasteiger partial charge in [-0.1, -0.05) is 36.4 Å². The number of aromatic nitrogens is 3. The Morgan fingerprint density at radius 3 is 2.68 bits per heavy atom. The highest BCUT2D eigenvalue weighted by Crippen LogP contribution is 2.28. The molecule has 5 heteroatoms. The zero-order valence-electron chi connectivity index (χ0n) is 13.1. The average molecular weight is 317 g/mol. The Hall–Kier alpha value is -1.72. The van der Waals surface area contributed by atoms with E-state index >= 15 is 0 Å². The third-order valence-corrected chi connectivity index (χ3v) is 3.85. The summed E-state index contributed by atoms with van der Waals surface area (Å²) in [5.41, 5.74) is 0.447. The molecular weight excluding hydrogens is 294 g/mol. The molecule has 0 aliphatic carbocycles. The summed E-state index contributed by atoms with van der Waals surface area (Å²) in [5, 5.41) is 17.5.